The molecule has 0 aromatic heterocycles. The largest absolute Gasteiger partial charge is 0.507 e. The molecular weight excluding hydrogens is 268 g/mol. The molecule has 19 heavy (non-hydrogen) atoms. The van der Waals surface area contributed by atoms with E-state index >= 15 is 0 Å². The summed E-state index contributed by atoms with van der Waals surface area (Å²) in [5.74, 6) is -0.710. The quantitative estimate of drug-likeness (QED) is 0.744. The molecule has 0 saturated carbocycles. The third kappa shape index (κ3) is 5.18. The van der Waals surface area contributed by atoms with Gasteiger partial charge in [0.25, 0.3) is 5.91 Å². The monoisotopic (exact) mass is 284 g/mol. The number of amides is 2. The molecule has 0 saturated heterocycles. The molecule has 0 spiro atoms. The van der Waals surface area contributed by atoms with E-state index in [-0.39, 0.29) is 30.2 Å². The van der Waals surface area contributed by atoms with E-state index in [4.69, 9.17) is 11.6 Å². The molecule has 0 unspecified atom stereocenters. The lowest BCUT2D eigenvalue weighted by atomic mass is 10.2. The average Bonchev–Trinajstić information content (AvgIpc) is 2.39. The van der Waals surface area contributed by atoms with E-state index in [9.17, 15) is 14.7 Å². The molecule has 0 fully saturated rings. The van der Waals surface area contributed by atoms with Crippen LogP contribution in [0.5, 0.6) is 5.75 Å². The molecular formula is C13H17ClN2O3. The third-order valence-corrected chi connectivity index (χ3v) is 2.65. The van der Waals surface area contributed by atoms with Crippen LogP contribution in [-0.4, -0.2) is 30.0 Å². The first-order chi connectivity index (χ1) is 9.04. The summed E-state index contributed by atoms with van der Waals surface area (Å²) in [5.41, 5.74) is 0.0986. The highest BCUT2D eigenvalue weighted by Crippen LogP contribution is 2.21. The molecule has 0 aliphatic rings. The maximum absolute atomic E-state index is 11.8. The Hall–Kier alpha value is -1.75. The first-order valence-corrected chi connectivity index (χ1v) is 6.45. The van der Waals surface area contributed by atoms with Crippen molar-refractivity contribution in [2.45, 2.75) is 19.8 Å². The van der Waals surface area contributed by atoms with Gasteiger partial charge in [-0.25, -0.2) is 0 Å². The van der Waals surface area contributed by atoms with E-state index in [1.165, 1.54) is 18.2 Å². The minimum atomic E-state index is -0.455. The molecule has 3 N–H and O–H groups in total. The fraction of sp³-hybridized carbons (Fsp3) is 0.385. The summed E-state index contributed by atoms with van der Waals surface area (Å²) >= 11 is 5.75. The van der Waals surface area contributed by atoms with Crippen LogP contribution in [0.25, 0.3) is 0 Å². The lowest BCUT2D eigenvalue weighted by Gasteiger charge is -2.07. The molecule has 0 atom stereocenters. The van der Waals surface area contributed by atoms with Gasteiger partial charge in [0.15, 0.2) is 0 Å². The number of hydrogen-bond acceptors (Lipinski definition) is 3. The van der Waals surface area contributed by atoms with Crippen molar-refractivity contribution < 1.29 is 14.7 Å². The number of phenols is 1. The summed E-state index contributed by atoms with van der Waals surface area (Å²) in [5, 5.41) is 15.2. The van der Waals surface area contributed by atoms with Gasteiger partial charge in [0.05, 0.1) is 5.56 Å². The molecule has 0 aliphatic carbocycles. The minimum Gasteiger partial charge on any atom is -0.507 e. The summed E-state index contributed by atoms with van der Waals surface area (Å²) in [7, 11) is 0. The molecule has 104 valence electrons. The van der Waals surface area contributed by atoms with Gasteiger partial charge in [0.2, 0.25) is 5.91 Å². The Morgan fingerprint density at radius 1 is 1.26 bits per heavy atom. The second-order valence-corrected chi connectivity index (χ2v) is 4.45. The predicted octanol–water partition coefficient (Wildman–Crippen LogP) is 1.69. The molecule has 0 radical (unpaired) electrons. The van der Waals surface area contributed by atoms with Gasteiger partial charge in [-0.1, -0.05) is 18.5 Å². The first kappa shape index (κ1) is 15.3. The standard InChI is InChI=1S/C13H17ClN2O3/c1-2-6-15-12(18)5-7-16-13(19)10-8-9(14)3-4-11(10)17/h3-4,8,17H,2,5-7H2,1H3,(H,15,18)(H,16,19). The van der Waals surface area contributed by atoms with Gasteiger partial charge < -0.3 is 15.7 Å². The van der Waals surface area contributed by atoms with Crippen LogP contribution in [0.3, 0.4) is 0 Å². The van der Waals surface area contributed by atoms with Crippen LogP contribution in [0.15, 0.2) is 18.2 Å². The zero-order valence-corrected chi connectivity index (χ0v) is 11.5. The van der Waals surface area contributed by atoms with Crippen molar-refractivity contribution in [3.63, 3.8) is 0 Å². The van der Waals surface area contributed by atoms with Gasteiger partial charge in [0.1, 0.15) is 5.75 Å². The van der Waals surface area contributed by atoms with Crippen LogP contribution >= 0.6 is 11.6 Å². The summed E-state index contributed by atoms with van der Waals surface area (Å²) in [6.07, 6.45) is 1.07. The van der Waals surface area contributed by atoms with Crippen molar-refractivity contribution in [1.82, 2.24) is 10.6 Å². The number of benzene rings is 1. The van der Waals surface area contributed by atoms with E-state index in [0.29, 0.717) is 11.6 Å². The van der Waals surface area contributed by atoms with Crippen molar-refractivity contribution in [3.8, 4) is 5.75 Å². The topological polar surface area (TPSA) is 78.4 Å². The first-order valence-electron chi connectivity index (χ1n) is 6.08. The molecule has 6 heteroatoms. The van der Waals surface area contributed by atoms with Gasteiger partial charge in [-0.15, -0.1) is 0 Å². The molecule has 1 rings (SSSR count). The molecule has 5 nitrogen and oxygen atoms in total. The van der Waals surface area contributed by atoms with Crippen LogP contribution in [0, 0.1) is 0 Å². The number of nitrogens with one attached hydrogen (secondary N) is 2. The van der Waals surface area contributed by atoms with Gasteiger partial charge in [0, 0.05) is 24.5 Å². The van der Waals surface area contributed by atoms with Crippen molar-refractivity contribution in [2.75, 3.05) is 13.1 Å². The number of rotatable bonds is 6. The summed E-state index contributed by atoms with van der Waals surface area (Å²) < 4.78 is 0. The van der Waals surface area contributed by atoms with Crippen LogP contribution in [0.1, 0.15) is 30.1 Å². The van der Waals surface area contributed by atoms with Crippen LogP contribution in [0.2, 0.25) is 5.02 Å². The highest BCUT2D eigenvalue weighted by atomic mass is 35.5. The summed E-state index contributed by atoms with van der Waals surface area (Å²) in [4.78, 5) is 23.1. The van der Waals surface area contributed by atoms with Crippen molar-refractivity contribution in [2.24, 2.45) is 0 Å². The lowest BCUT2D eigenvalue weighted by Crippen LogP contribution is -2.31. The van der Waals surface area contributed by atoms with Gasteiger partial charge in [-0.05, 0) is 24.6 Å². The van der Waals surface area contributed by atoms with Gasteiger partial charge >= 0.3 is 0 Å². The van der Waals surface area contributed by atoms with E-state index < -0.39 is 5.91 Å². The maximum Gasteiger partial charge on any atom is 0.255 e. The lowest BCUT2D eigenvalue weighted by molar-refractivity contribution is -0.120. The van der Waals surface area contributed by atoms with Gasteiger partial charge in [-0.3, -0.25) is 9.59 Å². The maximum atomic E-state index is 11.8. The Balaban J connectivity index is 2.43. The second kappa shape index (κ2) is 7.63. The van der Waals surface area contributed by atoms with E-state index in [0.717, 1.165) is 6.42 Å². The molecule has 1 aromatic rings. The molecule has 0 heterocycles. The Morgan fingerprint density at radius 3 is 2.68 bits per heavy atom. The SMILES string of the molecule is CCCNC(=O)CCNC(=O)c1cc(Cl)ccc1O. The summed E-state index contributed by atoms with van der Waals surface area (Å²) in [6, 6.07) is 4.22. The normalized spacial score (nSPS) is 10.0. The Morgan fingerprint density at radius 2 is 2.00 bits per heavy atom. The Kier molecular flexibility index (Phi) is 6.15. The van der Waals surface area contributed by atoms with E-state index in [1.54, 1.807) is 0 Å². The van der Waals surface area contributed by atoms with Crippen molar-refractivity contribution in [1.29, 1.82) is 0 Å². The summed E-state index contributed by atoms with van der Waals surface area (Å²) in [6.45, 7) is 2.80. The number of aromatic hydroxyl groups is 1. The molecule has 1 aromatic carbocycles. The Labute approximate surface area is 117 Å². The van der Waals surface area contributed by atoms with Crippen molar-refractivity contribution >= 4 is 23.4 Å². The number of carbonyl (C=O) groups is 2. The van der Waals surface area contributed by atoms with Crippen LogP contribution in [0.4, 0.5) is 0 Å². The number of halogens is 1. The smallest absolute Gasteiger partial charge is 0.255 e. The number of carbonyl (C=O) groups excluding carboxylic acids is 2. The van der Waals surface area contributed by atoms with Crippen molar-refractivity contribution in [3.05, 3.63) is 28.8 Å². The van der Waals surface area contributed by atoms with E-state index in [2.05, 4.69) is 10.6 Å². The third-order valence-electron chi connectivity index (χ3n) is 2.41. The van der Waals surface area contributed by atoms with Gasteiger partial charge in [-0.2, -0.15) is 0 Å². The highest BCUT2D eigenvalue weighted by Gasteiger charge is 2.11. The average molecular weight is 285 g/mol. The zero-order valence-electron chi connectivity index (χ0n) is 10.7. The second-order valence-electron chi connectivity index (χ2n) is 4.02. The molecule has 0 bridgehead atoms. The fourth-order valence-corrected chi connectivity index (χ4v) is 1.60. The van der Waals surface area contributed by atoms with Crippen LogP contribution < -0.4 is 10.6 Å². The molecule has 0 aliphatic heterocycles. The predicted molar refractivity (Wildman–Crippen MR) is 73.4 cm³/mol. The highest BCUT2D eigenvalue weighted by molar-refractivity contribution is 6.31. The minimum absolute atomic E-state index is 0.0986. The zero-order chi connectivity index (χ0) is 14.3. The molecule has 2 amide bonds. The number of hydrogen-bond donors (Lipinski definition) is 3. The fourth-order valence-electron chi connectivity index (χ4n) is 1.43. The Bertz CT molecular complexity index is 463. The van der Waals surface area contributed by atoms with E-state index in [1.807, 2.05) is 6.92 Å². The van der Waals surface area contributed by atoms with Crippen LogP contribution in [-0.2, 0) is 4.79 Å². The number of phenolic OH excluding ortho intramolecular Hbond substituents is 1.